The lowest BCUT2D eigenvalue weighted by Crippen LogP contribution is -2.33. The number of nitrogens with one attached hydrogen (secondary N) is 1. The van der Waals surface area contributed by atoms with Crippen molar-refractivity contribution >= 4 is 11.7 Å². The molecule has 27 heavy (non-hydrogen) atoms. The van der Waals surface area contributed by atoms with Crippen molar-refractivity contribution in [2.75, 3.05) is 0 Å². The van der Waals surface area contributed by atoms with Gasteiger partial charge in [-0.1, -0.05) is 48.0 Å². The van der Waals surface area contributed by atoms with Crippen LogP contribution in [0, 0.1) is 20.8 Å². The maximum atomic E-state index is 12.8. The Hall–Kier alpha value is -3.21. The van der Waals surface area contributed by atoms with Crippen LogP contribution < -0.4 is 5.32 Å². The third-order valence-electron chi connectivity index (χ3n) is 4.65. The molecule has 0 bridgehead atoms. The average molecular weight is 361 g/mol. The van der Waals surface area contributed by atoms with Gasteiger partial charge in [0.05, 0.1) is 28.7 Å². The van der Waals surface area contributed by atoms with Gasteiger partial charge in [-0.2, -0.15) is 5.10 Å². The topological polar surface area (TPSA) is 64.0 Å². The second kappa shape index (κ2) is 7.58. The Balaban J connectivity index is 1.82. The second-order valence-electron chi connectivity index (χ2n) is 6.73. The Morgan fingerprint density at radius 1 is 0.963 bits per heavy atom. The predicted octanol–water partition coefficient (Wildman–Crippen LogP) is 3.86. The van der Waals surface area contributed by atoms with Crippen molar-refractivity contribution in [2.24, 2.45) is 0 Å². The summed E-state index contributed by atoms with van der Waals surface area (Å²) in [5.74, 6) is -1.19. The van der Waals surface area contributed by atoms with Gasteiger partial charge >= 0.3 is 0 Å². The third kappa shape index (κ3) is 3.82. The number of rotatable bonds is 5. The highest BCUT2D eigenvalue weighted by Crippen LogP contribution is 2.19. The van der Waals surface area contributed by atoms with Gasteiger partial charge in [-0.25, -0.2) is 4.68 Å². The van der Waals surface area contributed by atoms with Crippen molar-refractivity contribution in [1.82, 2.24) is 15.1 Å². The van der Waals surface area contributed by atoms with E-state index in [1.165, 1.54) is 0 Å². The number of benzene rings is 2. The van der Waals surface area contributed by atoms with Crippen LogP contribution in [0.4, 0.5) is 0 Å². The van der Waals surface area contributed by atoms with Crippen LogP contribution in [-0.4, -0.2) is 21.5 Å². The minimum Gasteiger partial charge on any atom is -0.343 e. The highest BCUT2D eigenvalue weighted by molar-refractivity contribution is 6.43. The minimum absolute atomic E-state index is 0.258. The Morgan fingerprint density at radius 2 is 1.59 bits per heavy atom. The van der Waals surface area contributed by atoms with E-state index in [2.05, 4.69) is 10.4 Å². The summed E-state index contributed by atoms with van der Waals surface area (Å²) in [7, 11) is 0. The van der Waals surface area contributed by atoms with Crippen LogP contribution in [0.15, 0.2) is 54.6 Å². The van der Waals surface area contributed by atoms with Crippen LogP contribution in [0.1, 0.15) is 45.8 Å². The molecule has 138 valence electrons. The maximum Gasteiger partial charge on any atom is 0.293 e. The molecule has 3 rings (SSSR count). The molecule has 0 spiro atoms. The lowest BCUT2D eigenvalue weighted by atomic mass is 10.0. The third-order valence-corrected chi connectivity index (χ3v) is 4.65. The zero-order chi connectivity index (χ0) is 19.6. The second-order valence-corrected chi connectivity index (χ2v) is 6.73. The molecule has 0 saturated heterocycles. The van der Waals surface area contributed by atoms with E-state index in [4.69, 9.17) is 0 Å². The van der Waals surface area contributed by atoms with Gasteiger partial charge in [0.15, 0.2) is 0 Å². The molecule has 2 aromatic carbocycles. The van der Waals surface area contributed by atoms with Crippen molar-refractivity contribution in [2.45, 2.75) is 33.7 Å². The van der Waals surface area contributed by atoms with Crippen LogP contribution in [0.5, 0.6) is 0 Å². The molecule has 1 atom stereocenters. The summed E-state index contributed by atoms with van der Waals surface area (Å²) >= 11 is 0. The Morgan fingerprint density at radius 3 is 2.22 bits per heavy atom. The summed E-state index contributed by atoms with van der Waals surface area (Å²) in [5, 5.41) is 7.24. The molecule has 0 fully saturated rings. The molecule has 1 heterocycles. The zero-order valence-electron chi connectivity index (χ0n) is 16.0. The first kappa shape index (κ1) is 18.6. The molecule has 0 aliphatic rings. The minimum atomic E-state index is -0.623. The van der Waals surface area contributed by atoms with Gasteiger partial charge in [-0.15, -0.1) is 0 Å². The fourth-order valence-corrected chi connectivity index (χ4v) is 3.11. The number of carbonyl (C=O) groups excluding carboxylic acids is 2. The largest absolute Gasteiger partial charge is 0.343 e. The predicted molar refractivity (Wildman–Crippen MR) is 105 cm³/mol. The lowest BCUT2D eigenvalue weighted by molar-refractivity contribution is -0.117. The van der Waals surface area contributed by atoms with Crippen molar-refractivity contribution in [3.63, 3.8) is 0 Å². The molecule has 1 aromatic heterocycles. The molecule has 0 aliphatic carbocycles. The summed E-state index contributed by atoms with van der Waals surface area (Å²) in [6, 6.07) is 17.2. The first-order valence-electron chi connectivity index (χ1n) is 8.92. The van der Waals surface area contributed by atoms with Crippen molar-refractivity contribution < 1.29 is 9.59 Å². The van der Waals surface area contributed by atoms with Gasteiger partial charge in [0.25, 0.3) is 11.7 Å². The van der Waals surface area contributed by atoms with Crippen molar-refractivity contribution in [3.05, 3.63) is 82.7 Å². The molecule has 5 nitrogen and oxygen atoms in total. The quantitative estimate of drug-likeness (QED) is 0.554. The number of aromatic nitrogens is 2. The number of Topliss-reactive ketones (excluding diaryl/α,β-unsaturated/α-hetero) is 1. The molecule has 0 radical (unpaired) electrons. The zero-order valence-corrected chi connectivity index (χ0v) is 16.0. The number of aryl methyl sites for hydroxylation is 2. The summed E-state index contributed by atoms with van der Waals surface area (Å²) < 4.78 is 1.69. The number of amides is 1. The summed E-state index contributed by atoms with van der Waals surface area (Å²) in [4.78, 5) is 25.3. The number of ketones is 1. The smallest absolute Gasteiger partial charge is 0.293 e. The molecule has 1 N–H and O–H groups in total. The fourth-order valence-electron chi connectivity index (χ4n) is 3.11. The Kier molecular flexibility index (Phi) is 5.21. The molecular formula is C22H23N3O2. The van der Waals surface area contributed by atoms with Crippen molar-refractivity contribution in [1.29, 1.82) is 0 Å². The first-order valence-corrected chi connectivity index (χ1v) is 8.92. The van der Waals surface area contributed by atoms with Gasteiger partial charge in [0, 0.05) is 0 Å². The molecular weight excluding hydrogens is 338 g/mol. The van der Waals surface area contributed by atoms with Gasteiger partial charge in [-0.3, -0.25) is 9.59 Å². The highest BCUT2D eigenvalue weighted by Gasteiger charge is 2.26. The lowest BCUT2D eigenvalue weighted by Gasteiger charge is -2.14. The van der Waals surface area contributed by atoms with E-state index < -0.39 is 11.7 Å². The van der Waals surface area contributed by atoms with E-state index in [0.29, 0.717) is 17.0 Å². The van der Waals surface area contributed by atoms with E-state index in [9.17, 15) is 9.59 Å². The summed E-state index contributed by atoms with van der Waals surface area (Å²) in [5.41, 5.74) is 4.50. The normalized spacial score (nSPS) is 11.9. The SMILES string of the molecule is Cc1ccc(C(C)NC(=O)C(=O)c2c(C)nn(-c3ccccc3)c2C)cc1. The van der Waals surface area contributed by atoms with Gasteiger partial charge < -0.3 is 5.32 Å². The Labute approximate surface area is 159 Å². The number of para-hydroxylation sites is 1. The van der Waals surface area contributed by atoms with Gasteiger partial charge in [0.1, 0.15) is 0 Å². The summed E-state index contributed by atoms with van der Waals surface area (Å²) in [6.07, 6.45) is 0. The maximum absolute atomic E-state index is 12.8. The monoisotopic (exact) mass is 361 g/mol. The molecule has 5 heteroatoms. The highest BCUT2D eigenvalue weighted by atomic mass is 16.2. The molecule has 1 unspecified atom stereocenters. The van der Waals surface area contributed by atoms with E-state index in [0.717, 1.165) is 16.8 Å². The first-order chi connectivity index (χ1) is 12.9. The standard InChI is InChI=1S/C22H23N3O2/c1-14-10-12-18(13-11-14)15(2)23-22(27)21(26)20-16(3)24-25(17(20)4)19-8-6-5-7-9-19/h5-13,15H,1-4H3,(H,23,27). The van der Waals surface area contributed by atoms with Crippen LogP contribution in [-0.2, 0) is 4.79 Å². The summed E-state index contributed by atoms with van der Waals surface area (Å²) in [6.45, 7) is 7.42. The van der Waals surface area contributed by atoms with Crippen LogP contribution in [0.2, 0.25) is 0 Å². The Bertz CT molecular complexity index is 973. The van der Waals surface area contributed by atoms with Gasteiger partial charge in [-0.05, 0) is 45.4 Å². The van der Waals surface area contributed by atoms with Gasteiger partial charge in [0.2, 0.25) is 0 Å². The van der Waals surface area contributed by atoms with Crippen LogP contribution in [0.25, 0.3) is 5.69 Å². The van der Waals surface area contributed by atoms with E-state index >= 15 is 0 Å². The number of hydrogen-bond acceptors (Lipinski definition) is 3. The molecule has 0 aliphatic heterocycles. The molecule has 3 aromatic rings. The fraction of sp³-hybridized carbons (Fsp3) is 0.227. The number of hydrogen-bond donors (Lipinski definition) is 1. The van der Waals surface area contributed by atoms with Crippen molar-refractivity contribution in [3.8, 4) is 5.69 Å². The molecule has 1 amide bonds. The van der Waals surface area contributed by atoms with E-state index in [-0.39, 0.29) is 6.04 Å². The number of nitrogens with zero attached hydrogens (tertiary/aromatic N) is 2. The van der Waals surface area contributed by atoms with E-state index in [1.807, 2.05) is 68.4 Å². The van der Waals surface area contributed by atoms with Crippen LogP contribution in [0.3, 0.4) is 0 Å². The average Bonchev–Trinajstić information content (AvgIpc) is 2.96. The van der Waals surface area contributed by atoms with Crippen LogP contribution >= 0.6 is 0 Å². The number of carbonyl (C=O) groups is 2. The molecule has 0 saturated carbocycles. The van der Waals surface area contributed by atoms with E-state index in [1.54, 1.807) is 18.5 Å².